The molecule has 4 aromatic carbocycles. The molecule has 0 saturated heterocycles. The third-order valence-electron chi connectivity index (χ3n) is 8.22. The fraction of sp³-hybridized carbons (Fsp3) is 0.286. The van der Waals surface area contributed by atoms with Crippen molar-refractivity contribution in [2.45, 2.75) is 52.8 Å². The van der Waals surface area contributed by atoms with E-state index in [1.165, 1.54) is 0 Å². The molecule has 0 aliphatic carbocycles. The maximum Gasteiger partial charge on any atom is 0.258 e. The van der Waals surface area contributed by atoms with Crippen LogP contribution in [0.4, 0.5) is 11.4 Å². The van der Waals surface area contributed by atoms with Crippen LogP contribution in [-0.2, 0) is 16.1 Å². The van der Waals surface area contributed by atoms with Crippen molar-refractivity contribution in [1.29, 1.82) is 0 Å². The number of amides is 3. The summed E-state index contributed by atoms with van der Waals surface area (Å²) in [6.45, 7) is 7.68. The van der Waals surface area contributed by atoms with Crippen LogP contribution in [0.1, 0.15) is 60.3 Å². The fourth-order valence-electron chi connectivity index (χ4n) is 5.45. The first kappa shape index (κ1) is 31.7. The van der Waals surface area contributed by atoms with Gasteiger partial charge in [0.1, 0.15) is 6.04 Å². The van der Waals surface area contributed by atoms with Gasteiger partial charge in [0.05, 0.1) is 30.6 Å². The second kappa shape index (κ2) is 13.4. The quantitative estimate of drug-likeness (QED) is 0.259. The van der Waals surface area contributed by atoms with Gasteiger partial charge in [-0.25, -0.2) is 0 Å². The van der Waals surface area contributed by atoms with E-state index in [0.29, 0.717) is 28.9 Å². The van der Waals surface area contributed by atoms with Gasteiger partial charge >= 0.3 is 0 Å². The highest BCUT2D eigenvalue weighted by Crippen LogP contribution is 2.36. The van der Waals surface area contributed by atoms with Crippen molar-refractivity contribution in [3.63, 3.8) is 0 Å². The predicted octanol–water partition coefficient (Wildman–Crippen LogP) is 6.35. The number of rotatable bonds is 7. The Bertz CT molecular complexity index is 1650. The zero-order valence-corrected chi connectivity index (χ0v) is 25.7. The number of benzene rings is 4. The largest absolute Gasteiger partial charge is 0.389 e. The third kappa shape index (κ3) is 6.43. The Morgan fingerprint density at radius 3 is 2.37 bits per heavy atom. The van der Waals surface area contributed by atoms with Crippen LogP contribution in [-0.4, -0.2) is 35.4 Å². The topological polar surface area (TPSA) is 89.9 Å². The summed E-state index contributed by atoms with van der Waals surface area (Å²) in [7, 11) is 0. The lowest BCUT2D eigenvalue weighted by Crippen LogP contribution is -2.53. The van der Waals surface area contributed by atoms with Crippen LogP contribution in [0.15, 0.2) is 84.9 Å². The minimum Gasteiger partial charge on any atom is -0.389 e. The van der Waals surface area contributed by atoms with E-state index in [-0.39, 0.29) is 49.1 Å². The molecule has 0 aromatic heterocycles. The number of hydrogen-bond donors (Lipinski definition) is 2. The minimum atomic E-state index is -0.960. The molecule has 1 aliphatic heterocycles. The van der Waals surface area contributed by atoms with Crippen molar-refractivity contribution < 1.29 is 19.5 Å². The Balaban J connectivity index is 0.00000423. The summed E-state index contributed by atoms with van der Waals surface area (Å²) in [4.78, 5) is 44.9. The molecule has 0 bridgehead atoms. The smallest absolute Gasteiger partial charge is 0.258 e. The second-order valence-electron chi connectivity index (χ2n) is 11.1. The van der Waals surface area contributed by atoms with E-state index in [1.54, 1.807) is 41.0 Å². The maximum atomic E-state index is 14.4. The fourth-order valence-corrected chi connectivity index (χ4v) is 5.45. The van der Waals surface area contributed by atoms with E-state index in [2.05, 4.69) is 23.5 Å². The van der Waals surface area contributed by atoms with E-state index in [4.69, 9.17) is 0 Å². The lowest BCUT2D eigenvalue weighted by atomic mass is 9.99. The molecule has 5 rings (SSSR count). The Morgan fingerprint density at radius 2 is 1.65 bits per heavy atom. The maximum absolute atomic E-state index is 14.4. The molecule has 4 aromatic rings. The predicted molar refractivity (Wildman–Crippen MR) is 174 cm³/mol. The van der Waals surface area contributed by atoms with Crippen molar-refractivity contribution in [2.75, 3.05) is 16.3 Å². The van der Waals surface area contributed by atoms with Crippen LogP contribution in [0, 0.1) is 12.8 Å². The highest BCUT2D eigenvalue weighted by molar-refractivity contribution is 6.13. The molecular weight excluding hydrogens is 562 g/mol. The minimum absolute atomic E-state index is 0. The van der Waals surface area contributed by atoms with Crippen LogP contribution in [0.25, 0.3) is 10.8 Å². The second-order valence-corrected chi connectivity index (χ2v) is 11.1. The summed E-state index contributed by atoms with van der Waals surface area (Å²) in [5.74, 6) is -1.11. The van der Waals surface area contributed by atoms with E-state index in [1.807, 2.05) is 63.2 Å². The summed E-state index contributed by atoms with van der Waals surface area (Å²) >= 11 is 0. The molecule has 224 valence electrons. The first-order valence-electron chi connectivity index (χ1n) is 14.5. The molecule has 8 heteroatoms. The number of nitrogens with zero attached hydrogens (tertiary/aromatic N) is 2. The summed E-state index contributed by atoms with van der Waals surface area (Å²) < 4.78 is 0. The number of aryl methyl sites for hydroxylation is 1. The van der Waals surface area contributed by atoms with Crippen molar-refractivity contribution >= 4 is 52.3 Å². The van der Waals surface area contributed by atoms with Crippen molar-refractivity contribution in [3.05, 3.63) is 107 Å². The Kier molecular flexibility index (Phi) is 9.89. The number of anilines is 2. The third-order valence-corrected chi connectivity index (χ3v) is 8.22. The number of aliphatic hydroxyl groups is 1. The molecule has 1 aliphatic rings. The highest BCUT2D eigenvalue weighted by Gasteiger charge is 2.38. The van der Waals surface area contributed by atoms with E-state index in [0.717, 1.165) is 21.9 Å². The van der Waals surface area contributed by atoms with Gasteiger partial charge in [-0.3, -0.25) is 14.4 Å². The number of aliphatic hydroxyl groups excluding tert-OH is 1. The zero-order valence-electron chi connectivity index (χ0n) is 24.9. The molecular formula is C35H38ClN3O4. The van der Waals surface area contributed by atoms with Crippen LogP contribution < -0.4 is 15.1 Å². The number of para-hydroxylation sites is 2. The number of fused-ring (bicyclic) bond motifs is 2. The molecule has 3 atom stereocenters. The Morgan fingerprint density at radius 1 is 0.953 bits per heavy atom. The SMILES string of the molecule is CC[C@@H](C)C(=O)N[C@H]1CN(C(=O)c2cccc(C(C)O)c2)c2ccccc2N(Cc2c(C)ccc3ccccc23)C1=O.Cl. The van der Waals surface area contributed by atoms with Gasteiger partial charge in [0.15, 0.2) is 0 Å². The molecule has 1 heterocycles. The standard InChI is InChI=1S/C35H37N3O4.ClH/c1-5-22(2)33(40)36-30-21-38(34(41)27-13-10-12-26(19-27)24(4)39)32-16-9-8-15-31(32)37(35(30)42)20-29-23(3)17-18-25-11-6-7-14-28(25)29;/h6-19,22,24,30,39H,5,20-21H2,1-4H3,(H,36,40);1H/t22-,24?,30+;/m1./s1. The van der Waals surface area contributed by atoms with Gasteiger partial charge in [0.2, 0.25) is 5.91 Å². The number of hydrogen-bond acceptors (Lipinski definition) is 4. The van der Waals surface area contributed by atoms with Crippen molar-refractivity contribution in [1.82, 2.24) is 5.32 Å². The van der Waals surface area contributed by atoms with Gasteiger partial charge in [-0.1, -0.05) is 74.5 Å². The molecule has 2 N–H and O–H groups in total. The van der Waals surface area contributed by atoms with Gasteiger partial charge in [-0.2, -0.15) is 0 Å². The molecule has 3 amide bonds. The van der Waals surface area contributed by atoms with Crippen LogP contribution >= 0.6 is 12.4 Å². The van der Waals surface area contributed by atoms with Gasteiger partial charge in [0, 0.05) is 11.5 Å². The van der Waals surface area contributed by atoms with E-state index >= 15 is 0 Å². The highest BCUT2D eigenvalue weighted by atomic mass is 35.5. The number of carbonyl (C=O) groups is 3. The molecule has 0 spiro atoms. The summed E-state index contributed by atoms with van der Waals surface area (Å²) in [5.41, 5.74) is 4.24. The summed E-state index contributed by atoms with van der Waals surface area (Å²) in [5, 5.41) is 15.2. The average molecular weight is 600 g/mol. The normalized spacial score (nSPS) is 16.1. The average Bonchev–Trinajstić information content (AvgIpc) is 3.12. The van der Waals surface area contributed by atoms with Gasteiger partial charge < -0.3 is 20.2 Å². The summed E-state index contributed by atoms with van der Waals surface area (Å²) in [6, 6.07) is 25.5. The number of carbonyl (C=O) groups excluding carboxylic acids is 3. The van der Waals surface area contributed by atoms with Crippen LogP contribution in [0.3, 0.4) is 0 Å². The van der Waals surface area contributed by atoms with Crippen LogP contribution in [0.2, 0.25) is 0 Å². The number of halogens is 1. The molecule has 7 nitrogen and oxygen atoms in total. The van der Waals surface area contributed by atoms with E-state index < -0.39 is 12.1 Å². The molecule has 0 fully saturated rings. The van der Waals surface area contributed by atoms with Gasteiger partial charge in [-0.05, 0) is 72.0 Å². The van der Waals surface area contributed by atoms with Crippen LogP contribution in [0.5, 0.6) is 0 Å². The Hall–Kier alpha value is -4.20. The van der Waals surface area contributed by atoms with Crippen molar-refractivity contribution in [3.8, 4) is 0 Å². The first-order chi connectivity index (χ1) is 20.2. The molecule has 43 heavy (non-hydrogen) atoms. The number of nitrogens with one attached hydrogen (secondary N) is 1. The molecule has 1 unspecified atom stereocenters. The van der Waals surface area contributed by atoms with E-state index in [9.17, 15) is 19.5 Å². The summed E-state index contributed by atoms with van der Waals surface area (Å²) in [6.07, 6.45) is -0.113. The molecule has 0 radical (unpaired) electrons. The zero-order chi connectivity index (χ0) is 30.0. The Labute approximate surface area is 258 Å². The van der Waals surface area contributed by atoms with Gasteiger partial charge in [0.25, 0.3) is 11.8 Å². The molecule has 0 saturated carbocycles. The van der Waals surface area contributed by atoms with Gasteiger partial charge in [-0.15, -0.1) is 12.4 Å². The van der Waals surface area contributed by atoms with Crippen molar-refractivity contribution in [2.24, 2.45) is 5.92 Å². The lowest BCUT2D eigenvalue weighted by molar-refractivity contribution is -0.129. The lowest BCUT2D eigenvalue weighted by Gasteiger charge is -2.27. The first-order valence-corrected chi connectivity index (χ1v) is 14.5. The monoisotopic (exact) mass is 599 g/mol.